The summed E-state index contributed by atoms with van der Waals surface area (Å²) in [6.07, 6.45) is -9.26. The van der Waals surface area contributed by atoms with Crippen LogP contribution in [0.3, 0.4) is 0 Å². The lowest BCUT2D eigenvalue weighted by molar-refractivity contribution is -0.138. The maximum absolute atomic E-state index is 13.3. The second kappa shape index (κ2) is 9.41. The van der Waals surface area contributed by atoms with Gasteiger partial charge >= 0.3 is 12.4 Å². The number of aromatic nitrogens is 1. The van der Waals surface area contributed by atoms with Gasteiger partial charge in [0, 0.05) is 5.56 Å². The molecule has 0 radical (unpaired) electrons. The van der Waals surface area contributed by atoms with Crippen molar-refractivity contribution in [3.8, 4) is 11.3 Å². The standard InChI is InChI=1S/C21H13ClF6N2OS/c22-15-7-6-13(20(23,24)25)8-17(15)29-18(31)11-32-19-10-14(21(26,27)28)9-16(30-19)12-4-2-1-3-5-12/h1-10H,11H2,(H,29,31). The van der Waals surface area contributed by atoms with Gasteiger partial charge in [0.05, 0.1) is 38.3 Å². The van der Waals surface area contributed by atoms with Gasteiger partial charge in [0.25, 0.3) is 0 Å². The number of nitrogens with zero attached hydrogens (tertiary/aromatic N) is 1. The van der Waals surface area contributed by atoms with Crippen molar-refractivity contribution in [2.24, 2.45) is 0 Å². The first kappa shape index (κ1) is 23.9. The van der Waals surface area contributed by atoms with Crippen LogP contribution < -0.4 is 5.32 Å². The van der Waals surface area contributed by atoms with E-state index < -0.39 is 35.1 Å². The van der Waals surface area contributed by atoms with Crippen molar-refractivity contribution in [2.45, 2.75) is 17.4 Å². The van der Waals surface area contributed by atoms with Crippen molar-refractivity contribution in [2.75, 3.05) is 11.1 Å². The van der Waals surface area contributed by atoms with Crippen molar-refractivity contribution in [1.29, 1.82) is 0 Å². The minimum absolute atomic E-state index is 0.0658. The van der Waals surface area contributed by atoms with E-state index in [4.69, 9.17) is 11.6 Å². The fourth-order valence-corrected chi connectivity index (χ4v) is 3.51. The monoisotopic (exact) mass is 490 g/mol. The molecule has 3 nitrogen and oxygen atoms in total. The summed E-state index contributed by atoms with van der Waals surface area (Å²) in [5.74, 6) is -1.15. The summed E-state index contributed by atoms with van der Waals surface area (Å²) in [4.78, 5) is 16.4. The first-order chi connectivity index (χ1) is 14.9. The van der Waals surface area contributed by atoms with Gasteiger partial charge in [-0.1, -0.05) is 53.7 Å². The molecule has 0 saturated carbocycles. The van der Waals surface area contributed by atoms with E-state index in [1.807, 2.05) is 0 Å². The second-order valence-electron chi connectivity index (χ2n) is 6.47. The Morgan fingerprint density at radius 2 is 1.56 bits per heavy atom. The average molecular weight is 491 g/mol. The van der Waals surface area contributed by atoms with Gasteiger partial charge in [-0.25, -0.2) is 4.98 Å². The number of halogens is 7. The lowest BCUT2D eigenvalue weighted by Gasteiger charge is -2.13. The molecule has 0 aliphatic carbocycles. The maximum Gasteiger partial charge on any atom is 0.416 e. The Balaban J connectivity index is 1.79. The van der Waals surface area contributed by atoms with Gasteiger partial charge in [-0.15, -0.1) is 0 Å². The van der Waals surface area contributed by atoms with Crippen LogP contribution in [0.5, 0.6) is 0 Å². The number of nitrogens with one attached hydrogen (secondary N) is 1. The molecule has 11 heteroatoms. The molecule has 3 aromatic rings. The molecular weight excluding hydrogens is 478 g/mol. The highest BCUT2D eigenvalue weighted by Gasteiger charge is 2.32. The number of rotatable bonds is 5. The molecule has 0 fully saturated rings. The van der Waals surface area contributed by atoms with E-state index in [1.165, 1.54) is 0 Å². The summed E-state index contributed by atoms with van der Waals surface area (Å²) >= 11 is 6.55. The minimum Gasteiger partial charge on any atom is -0.324 e. The van der Waals surface area contributed by atoms with E-state index >= 15 is 0 Å². The number of amides is 1. The van der Waals surface area contributed by atoms with Gasteiger partial charge in [-0.05, 0) is 30.3 Å². The highest BCUT2D eigenvalue weighted by Crippen LogP contribution is 2.35. The number of thioether (sulfide) groups is 1. The normalized spacial score (nSPS) is 12.0. The van der Waals surface area contributed by atoms with Crippen LogP contribution in [0.25, 0.3) is 11.3 Å². The first-order valence-electron chi connectivity index (χ1n) is 8.87. The lowest BCUT2D eigenvalue weighted by atomic mass is 10.1. The summed E-state index contributed by atoms with van der Waals surface area (Å²) in [7, 11) is 0. The SMILES string of the molecule is O=C(CSc1cc(C(F)(F)F)cc(-c2ccccc2)n1)Nc1cc(C(F)(F)F)ccc1Cl. The van der Waals surface area contributed by atoms with Crippen molar-refractivity contribution < 1.29 is 31.1 Å². The Hall–Kier alpha value is -2.72. The van der Waals surface area contributed by atoms with Crippen LogP contribution in [-0.4, -0.2) is 16.6 Å². The molecule has 0 saturated heterocycles. The summed E-state index contributed by atoms with van der Waals surface area (Å²) in [6, 6.07) is 12.4. The van der Waals surface area contributed by atoms with Gasteiger partial charge in [0.15, 0.2) is 0 Å². The highest BCUT2D eigenvalue weighted by atomic mass is 35.5. The molecule has 2 aromatic carbocycles. The fraction of sp³-hybridized carbons (Fsp3) is 0.143. The van der Waals surface area contributed by atoms with Crippen LogP contribution in [0.1, 0.15) is 11.1 Å². The number of carbonyl (C=O) groups excluding carboxylic acids is 1. The molecule has 168 valence electrons. The Kier molecular flexibility index (Phi) is 7.04. The third kappa shape index (κ3) is 6.17. The molecule has 3 rings (SSSR count). The minimum atomic E-state index is -4.63. The number of hydrogen-bond donors (Lipinski definition) is 1. The smallest absolute Gasteiger partial charge is 0.324 e. The zero-order valence-electron chi connectivity index (χ0n) is 15.9. The third-order valence-electron chi connectivity index (χ3n) is 4.12. The fourth-order valence-electron chi connectivity index (χ4n) is 2.62. The zero-order valence-corrected chi connectivity index (χ0v) is 17.5. The number of benzene rings is 2. The average Bonchev–Trinajstić information content (AvgIpc) is 2.73. The summed E-state index contributed by atoms with van der Waals surface area (Å²) in [5.41, 5.74) is -1.66. The van der Waals surface area contributed by atoms with E-state index in [0.29, 0.717) is 23.4 Å². The molecule has 1 heterocycles. The van der Waals surface area contributed by atoms with Crippen LogP contribution in [0.2, 0.25) is 5.02 Å². The van der Waals surface area contributed by atoms with Gasteiger partial charge in [0.2, 0.25) is 5.91 Å². The first-order valence-corrected chi connectivity index (χ1v) is 10.2. The molecule has 1 N–H and O–H groups in total. The molecule has 0 spiro atoms. The Labute approximate surface area is 187 Å². The van der Waals surface area contributed by atoms with E-state index in [1.54, 1.807) is 30.3 Å². The van der Waals surface area contributed by atoms with Gasteiger partial charge < -0.3 is 5.32 Å². The van der Waals surface area contributed by atoms with Crippen LogP contribution in [-0.2, 0) is 17.1 Å². The highest BCUT2D eigenvalue weighted by molar-refractivity contribution is 7.99. The second-order valence-corrected chi connectivity index (χ2v) is 7.88. The Bertz CT molecular complexity index is 1120. The van der Waals surface area contributed by atoms with E-state index in [-0.39, 0.29) is 21.4 Å². The molecule has 0 aliphatic rings. The van der Waals surface area contributed by atoms with Crippen molar-refractivity contribution in [3.63, 3.8) is 0 Å². The predicted molar refractivity (Wildman–Crippen MR) is 110 cm³/mol. The van der Waals surface area contributed by atoms with Crippen molar-refractivity contribution in [1.82, 2.24) is 4.98 Å². The summed E-state index contributed by atoms with van der Waals surface area (Å²) in [5, 5.41) is 2.07. The van der Waals surface area contributed by atoms with Crippen LogP contribution in [0.4, 0.5) is 32.0 Å². The van der Waals surface area contributed by atoms with E-state index in [2.05, 4.69) is 10.3 Å². The molecule has 0 aliphatic heterocycles. The summed E-state index contributed by atoms with van der Waals surface area (Å²) < 4.78 is 78.5. The van der Waals surface area contributed by atoms with Crippen molar-refractivity contribution >= 4 is 35.0 Å². The van der Waals surface area contributed by atoms with Gasteiger partial charge in [-0.2, -0.15) is 26.3 Å². The molecule has 0 unspecified atom stereocenters. The zero-order chi connectivity index (χ0) is 23.5. The predicted octanol–water partition coefficient (Wildman–Crippen LogP) is 7.17. The molecule has 0 bridgehead atoms. The molecule has 32 heavy (non-hydrogen) atoms. The number of alkyl halides is 6. The van der Waals surface area contributed by atoms with Crippen LogP contribution in [0.15, 0.2) is 65.7 Å². The van der Waals surface area contributed by atoms with E-state index in [9.17, 15) is 31.1 Å². The number of anilines is 1. The van der Waals surface area contributed by atoms with Crippen LogP contribution >= 0.6 is 23.4 Å². The largest absolute Gasteiger partial charge is 0.416 e. The number of pyridine rings is 1. The molecule has 1 aromatic heterocycles. The Morgan fingerprint density at radius 3 is 2.19 bits per heavy atom. The van der Waals surface area contributed by atoms with E-state index in [0.717, 1.165) is 24.3 Å². The summed E-state index contributed by atoms with van der Waals surface area (Å²) in [6.45, 7) is 0. The topological polar surface area (TPSA) is 42.0 Å². The maximum atomic E-state index is 13.3. The number of carbonyl (C=O) groups is 1. The van der Waals surface area contributed by atoms with Gasteiger partial charge in [0.1, 0.15) is 0 Å². The quantitative estimate of drug-likeness (QED) is 0.304. The molecular formula is C21H13ClF6N2OS. The third-order valence-corrected chi connectivity index (χ3v) is 5.36. The molecule has 0 atom stereocenters. The number of hydrogen-bond acceptors (Lipinski definition) is 3. The Morgan fingerprint density at radius 1 is 0.906 bits per heavy atom. The van der Waals surface area contributed by atoms with Crippen molar-refractivity contribution in [3.05, 3.63) is 76.8 Å². The van der Waals surface area contributed by atoms with Gasteiger partial charge in [-0.3, -0.25) is 4.79 Å². The lowest BCUT2D eigenvalue weighted by Crippen LogP contribution is -2.15. The molecule has 1 amide bonds. The van der Waals surface area contributed by atoms with Crippen LogP contribution in [0, 0.1) is 0 Å².